The summed E-state index contributed by atoms with van der Waals surface area (Å²) in [5, 5.41) is 3.02. The van der Waals surface area contributed by atoms with Crippen molar-refractivity contribution in [2.45, 2.75) is 33.7 Å². The van der Waals surface area contributed by atoms with E-state index in [-0.39, 0.29) is 18.6 Å². The predicted molar refractivity (Wildman–Crippen MR) is 107 cm³/mol. The SMILES string of the molecule is CCN(CC)C(CNC(=O)COc1ccc(C)c(C)c1)c1ccccc1. The van der Waals surface area contributed by atoms with Crippen molar-refractivity contribution in [3.8, 4) is 5.75 Å². The zero-order valence-corrected chi connectivity index (χ0v) is 16.3. The number of carbonyl (C=O) groups excluding carboxylic acids is 1. The molecular formula is C22H30N2O2. The molecule has 0 heterocycles. The average Bonchev–Trinajstić information content (AvgIpc) is 2.66. The summed E-state index contributed by atoms with van der Waals surface area (Å²) in [6.45, 7) is 10.9. The minimum absolute atomic E-state index is 0.0300. The van der Waals surface area contributed by atoms with E-state index in [1.807, 2.05) is 43.3 Å². The first-order chi connectivity index (χ1) is 12.5. The number of aryl methyl sites for hydroxylation is 2. The lowest BCUT2D eigenvalue weighted by Gasteiger charge is -2.30. The third-order valence-corrected chi connectivity index (χ3v) is 4.78. The molecule has 1 unspecified atom stereocenters. The van der Waals surface area contributed by atoms with Crippen LogP contribution in [-0.2, 0) is 4.79 Å². The van der Waals surface area contributed by atoms with Crippen molar-refractivity contribution in [1.82, 2.24) is 10.2 Å². The fraction of sp³-hybridized carbons (Fsp3) is 0.409. The Hall–Kier alpha value is -2.33. The Labute approximate surface area is 157 Å². The van der Waals surface area contributed by atoms with Gasteiger partial charge in [0.15, 0.2) is 6.61 Å². The van der Waals surface area contributed by atoms with Crippen molar-refractivity contribution >= 4 is 5.91 Å². The van der Waals surface area contributed by atoms with E-state index in [2.05, 4.69) is 43.1 Å². The second kappa shape index (κ2) is 9.97. The van der Waals surface area contributed by atoms with Crippen molar-refractivity contribution in [1.29, 1.82) is 0 Å². The van der Waals surface area contributed by atoms with Gasteiger partial charge in [-0.25, -0.2) is 0 Å². The highest BCUT2D eigenvalue weighted by molar-refractivity contribution is 5.77. The standard InChI is InChI=1S/C22H30N2O2/c1-5-24(6-2)21(19-10-8-7-9-11-19)15-23-22(25)16-26-20-13-12-17(3)18(4)14-20/h7-14,21H,5-6,15-16H2,1-4H3,(H,23,25). The van der Waals surface area contributed by atoms with Gasteiger partial charge in [-0.15, -0.1) is 0 Å². The smallest absolute Gasteiger partial charge is 0.258 e. The normalized spacial score (nSPS) is 12.0. The monoisotopic (exact) mass is 354 g/mol. The predicted octanol–water partition coefficient (Wildman–Crippen LogP) is 3.88. The second-order valence-electron chi connectivity index (χ2n) is 6.49. The van der Waals surface area contributed by atoms with Crippen LogP contribution in [0.5, 0.6) is 5.75 Å². The third-order valence-electron chi connectivity index (χ3n) is 4.78. The molecule has 0 bridgehead atoms. The van der Waals surface area contributed by atoms with Gasteiger partial charge in [0.2, 0.25) is 0 Å². The largest absolute Gasteiger partial charge is 0.484 e. The highest BCUT2D eigenvalue weighted by atomic mass is 16.5. The Kier molecular flexibility index (Phi) is 7.67. The maximum Gasteiger partial charge on any atom is 0.258 e. The first kappa shape index (κ1) is 20.0. The molecule has 0 aliphatic heterocycles. The maximum atomic E-state index is 12.2. The lowest BCUT2D eigenvalue weighted by Crippen LogP contribution is -2.39. The van der Waals surface area contributed by atoms with Crippen LogP contribution in [-0.4, -0.2) is 37.0 Å². The van der Waals surface area contributed by atoms with Crippen LogP contribution in [0.3, 0.4) is 0 Å². The molecule has 1 atom stereocenters. The summed E-state index contributed by atoms with van der Waals surface area (Å²) in [6, 6.07) is 16.3. The van der Waals surface area contributed by atoms with Gasteiger partial charge in [-0.05, 0) is 55.8 Å². The number of hydrogen-bond donors (Lipinski definition) is 1. The topological polar surface area (TPSA) is 41.6 Å². The Morgan fingerprint density at radius 2 is 1.73 bits per heavy atom. The molecule has 2 aromatic rings. The van der Waals surface area contributed by atoms with Crippen LogP contribution in [0, 0.1) is 13.8 Å². The van der Waals surface area contributed by atoms with Crippen LogP contribution >= 0.6 is 0 Å². The quantitative estimate of drug-likeness (QED) is 0.743. The average molecular weight is 354 g/mol. The number of hydrogen-bond acceptors (Lipinski definition) is 3. The molecule has 0 aliphatic rings. The lowest BCUT2D eigenvalue weighted by atomic mass is 10.1. The van der Waals surface area contributed by atoms with Crippen molar-refractivity contribution in [3.63, 3.8) is 0 Å². The number of nitrogens with one attached hydrogen (secondary N) is 1. The van der Waals surface area contributed by atoms with E-state index >= 15 is 0 Å². The third kappa shape index (κ3) is 5.60. The summed E-state index contributed by atoms with van der Waals surface area (Å²) >= 11 is 0. The van der Waals surface area contributed by atoms with Gasteiger partial charge in [-0.2, -0.15) is 0 Å². The molecule has 4 nitrogen and oxygen atoms in total. The van der Waals surface area contributed by atoms with E-state index in [9.17, 15) is 4.79 Å². The molecule has 2 aromatic carbocycles. The van der Waals surface area contributed by atoms with E-state index in [0.717, 1.165) is 24.4 Å². The number of carbonyl (C=O) groups is 1. The maximum absolute atomic E-state index is 12.2. The van der Waals surface area contributed by atoms with Crippen LogP contribution < -0.4 is 10.1 Å². The Balaban J connectivity index is 1.92. The van der Waals surface area contributed by atoms with Crippen LogP contribution in [0.25, 0.3) is 0 Å². The molecule has 1 amide bonds. The number of amides is 1. The van der Waals surface area contributed by atoms with Gasteiger partial charge in [-0.1, -0.05) is 50.2 Å². The number of likely N-dealkylation sites (N-methyl/N-ethyl adjacent to an activating group) is 1. The van der Waals surface area contributed by atoms with Crippen molar-refractivity contribution < 1.29 is 9.53 Å². The van der Waals surface area contributed by atoms with Crippen LogP contribution in [0.1, 0.15) is 36.6 Å². The molecule has 0 aromatic heterocycles. The molecule has 0 fully saturated rings. The van der Waals surface area contributed by atoms with Gasteiger partial charge in [0.05, 0.1) is 6.04 Å². The first-order valence-corrected chi connectivity index (χ1v) is 9.30. The molecule has 2 rings (SSSR count). The molecule has 140 valence electrons. The molecule has 0 radical (unpaired) electrons. The van der Waals surface area contributed by atoms with Crippen LogP contribution in [0.4, 0.5) is 0 Å². The van der Waals surface area contributed by atoms with Crippen molar-refractivity contribution in [2.24, 2.45) is 0 Å². The molecule has 0 aliphatic carbocycles. The lowest BCUT2D eigenvalue weighted by molar-refractivity contribution is -0.123. The van der Waals surface area contributed by atoms with Gasteiger partial charge >= 0.3 is 0 Å². The van der Waals surface area contributed by atoms with Gasteiger partial charge in [-0.3, -0.25) is 9.69 Å². The minimum atomic E-state index is -0.101. The Morgan fingerprint density at radius 1 is 1.04 bits per heavy atom. The minimum Gasteiger partial charge on any atom is -0.484 e. The first-order valence-electron chi connectivity index (χ1n) is 9.30. The zero-order chi connectivity index (χ0) is 18.9. The number of ether oxygens (including phenoxy) is 1. The van der Waals surface area contributed by atoms with Crippen molar-refractivity contribution in [2.75, 3.05) is 26.2 Å². The second-order valence-corrected chi connectivity index (χ2v) is 6.49. The molecule has 1 N–H and O–H groups in total. The summed E-state index contributed by atoms with van der Waals surface area (Å²) in [6.07, 6.45) is 0. The molecule has 0 spiro atoms. The van der Waals surface area contributed by atoms with Crippen molar-refractivity contribution in [3.05, 3.63) is 65.2 Å². The summed E-state index contributed by atoms with van der Waals surface area (Å²) in [7, 11) is 0. The molecule has 0 saturated carbocycles. The van der Waals surface area contributed by atoms with E-state index in [0.29, 0.717) is 6.54 Å². The summed E-state index contributed by atoms with van der Waals surface area (Å²) in [5.41, 5.74) is 3.59. The van der Waals surface area contributed by atoms with E-state index in [1.54, 1.807) is 0 Å². The summed E-state index contributed by atoms with van der Waals surface area (Å²) in [4.78, 5) is 14.6. The van der Waals surface area contributed by atoms with Crippen LogP contribution in [0.15, 0.2) is 48.5 Å². The highest BCUT2D eigenvalue weighted by Crippen LogP contribution is 2.19. The van der Waals surface area contributed by atoms with E-state index in [1.165, 1.54) is 11.1 Å². The zero-order valence-electron chi connectivity index (χ0n) is 16.3. The fourth-order valence-electron chi connectivity index (χ4n) is 3.01. The molecule has 0 saturated heterocycles. The Bertz CT molecular complexity index is 697. The number of nitrogens with zero attached hydrogens (tertiary/aromatic N) is 1. The van der Waals surface area contributed by atoms with Crippen LogP contribution in [0.2, 0.25) is 0 Å². The highest BCUT2D eigenvalue weighted by Gasteiger charge is 2.18. The molecular weight excluding hydrogens is 324 g/mol. The van der Waals surface area contributed by atoms with Gasteiger partial charge < -0.3 is 10.1 Å². The molecule has 4 heteroatoms. The summed E-state index contributed by atoms with van der Waals surface area (Å²) in [5.74, 6) is 0.628. The molecule has 26 heavy (non-hydrogen) atoms. The fourth-order valence-corrected chi connectivity index (χ4v) is 3.01. The van der Waals surface area contributed by atoms with Gasteiger partial charge in [0, 0.05) is 6.54 Å². The van der Waals surface area contributed by atoms with E-state index in [4.69, 9.17) is 4.74 Å². The Morgan fingerprint density at radius 3 is 2.35 bits per heavy atom. The summed E-state index contributed by atoms with van der Waals surface area (Å²) < 4.78 is 5.63. The number of benzene rings is 2. The number of rotatable bonds is 9. The van der Waals surface area contributed by atoms with Gasteiger partial charge in [0.1, 0.15) is 5.75 Å². The van der Waals surface area contributed by atoms with Gasteiger partial charge in [0.25, 0.3) is 5.91 Å². The van der Waals surface area contributed by atoms with E-state index < -0.39 is 0 Å².